The molecular weight excluding hydrogens is 678 g/mol. The molecule has 0 bridgehead atoms. The smallest absolute Gasteiger partial charge is 0.276 e. The molecule has 0 spiro atoms. The zero-order chi connectivity index (χ0) is 26.2. The van der Waals surface area contributed by atoms with Crippen molar-refractivity contribution in [3.63, 3.8) is 0 Å². The molecule has 0 heterocycles. The number of rotatable bonds is 8. The van der Waals surface area contributed by atoms with Crippen molar-refractivity contribution >= 4 is 87.7 Å². The fourth-order valence-electron chi connectivity index (χ4n) is 3.03. The summed E-state index contributed by atoms with van der Waals surface area (Å²) in [5.74, 6) is 0.821. The Kier molecular flexibility index (Phi) is 10.5. The number of fused-ring (bicyclic) bond motifs is 1. The molecule has 11 heteroatoms. The van der Waals surface area contributed by atoms with Crippen LogP contribution in [0.5, 0.6) is 11.5 Å². The van der Waals surface area contributed by atoms with Crippen LogP contribution in [0.4, 0.5) is 0 Å². The van der Waals surface area contributed by atoms with Crippen LogP contribution < -0.4 is 25.6 Å². The molecule has 7 nitrogen and oxygen atoms in total. The van der Waals surface area contributed by atoms with Gasteiger partial charge < -0.3 is 9.47 Å². The van der Waals surface area contributed by atoms with Crippen molar-refractivity contribution < 1.29 is 19.1 Å². The highest BCUT2D eigenvalue weighted by molar-refractivity contribution is 9.11. The number of nitrogens with one attached hydrogen (secondary N) is 3. The van der Waals surface area contributed by atoms with Gasteiger partial charge in [0.1, 0.15) is 11.5 Å². The molecule has 3 aromatic rings. The molecule has 3 aromatic carbocycles. The number of carbonyl (C=O) groups excluding carboxylic acids is 2. The minimum atomic E-state index is -0.472. The summed E-state index contributed by atoms with van der Waals surface area (Å²) in [7, 11) is 0. The first kappa shape index (κ1) is 28.4. The van der Waals surface area contributed by atoms with Crippen molar-refractivity contribution in [2.24, 2.45) is 5.92 Å². The molecule has 0 aliphatic rings. The number of hydrogen-bond acceptors (Lipinski definition) is 5. The van der Waals surface area contributed by atoms with Gasteiger partial charge in [-0.05, 0) is 104 Å². The highest BCUT2D eigenvalue weighted by Crippen LogP contribution is 2.34. The number of hydrazine groups is 1. The van der Waals surface area contributed by atoms with E-state index in [2.05, 4.69) is 77.8 Å². The topological polar surface area (TPSA) is 88.7 Å². The quantitative estimate of drug-likeness (QED) is 0.190. The van der Waals surface area contributed by atoms with Crippen LogP contribution in [0.2, 0.25) is 0 Å². The van der Waals surface area contributed by atoms with Gasteiger partial charge in [-0.1, -0.05) is 41.9 Å². The Morgan fingerprint density at radius 3 is 2.42 bits per heavy atom. The Bertz CT molecular complexity index is 1290. The molecule has 0 saturated heterocycles. The van der Waals surface area contributed by atoms with Gasteiger partial charge in [0.25, 0.3) is 11.8 Å². The van der Waals surface area contributed by atoms with Crippen LogP contribution in [0.15, 0.2) is 61.9 Å². The van der Waals surface area contributed by atoms with Gasteiger partial charge in [-0.15, -0.1) is 0 Å². The Balaban J connectivity index is 1.46. The Morgan fingerprint density at radius 2 is 1.69 bits per heavy atom. The van der Waals surface area contributed by atoms with E-state index in [1.807, 2.05) is 24.3 Å². The zero-order valence-electron chi connectivity index (χ0n) is 19.5. The monoisotopic (exact) mass is 699 g/mol. The molecular formula is C25H24Br3N3O4S. The van der Waals surface area contributed by atoms with Crippen molar-refractivity contribution in [3.05, 3.63) is 67.5 Å². The lowest BCUT2D eigenvalue weighted by Crippen LogP contribution is -2.49. The van der Waals surface area contributed by atoms with Gasteiger partial charge in [-0.2, -0.15) is 0 Å². The SMILES string of the molecule is CC(C)CCOc1ccc(C(=O)NC(=S)NNC(=O)COc2ccc3cc(Br)ccc3c2Br)cc1Br. The van der Waals surface area contributed by atoms with Crippen LogP contribution in [-0.4, -0.2) is 30.1 Å². The fourth-order valence-corrected chi connectivity index (χ4v) is 4.65. The third-order valence-electron chi connectivity index (χ3n) is 4.93. The summed E-state index contributed by atoms with van der Waals surface area (Å²) in [6.07, 6.45) is 0.934. The Morgan fingerprint density at radius 1 is 0.944 bits per heavy atom. The molecule has 0 fully saturated rings. The summed E-state index contributed by atoms with van der Waals surface area (Å²) >= 11 is 15.5. The number of amides is 2. The molecule has 0 atom stereocenters. The van der Waals surface area contributed by atoms with Gasteiger partial charge in [-0.25, -0.2) is 0 Å². The summed E-state index contributed by atoms with van der Waals surface area (Å²) in [4.78, 5) is 24.7. The van der Waals surface area contributed by atoms with Crippen molar-refractivity contribution in [2.75, 3.05) is 13.2 Å². The lowest BCUT2D eigenvalue weighted by atomic mass is 10.1. The van der Waals surface area contributed by atoms with Crippen molar-refractivity contribution in [3.8, 4) is 11.5 Å². The van der Waals surface area contributed by atoms with Crippen molar-refractivity contribution in [1.82, 2.24) is 16.2 Å². The standard InChI is InChI=1S/C25H24Br3N3O4S/c1-14(2)9-10-34-20-7-4-16(12-19(20)27)24(33)29-25(36)31-30-22(32)13-35-21-8-3-15-11-17(26)5-6-18(15)23(21)28/h3-8,11-12,14H,9-10,13H2,1-2H3,(H,30,32)(H2,29,31,33,36). The highest BCUT2D eigenvalue weighted by Gasteiger charge is 2.13. The lowest BCUT2D eigenvalue weighted by Gasteiger charge is -2.13. The number of carbonyl (C=O) groups is 2. The predicted octanol–water partition coefficient (Wildman–Crippen LogP) is 6.27. The summed E-state index contributed by atoms with van der Waals surface area (Å²) in [6.45, 7) is 4.59. The van der Waals surface area contributed by atoms with Crippen LogP contribution >= 0.6 is 60.0 Å². The van der Waals surface area contributed by atoms with E-state index in [1.165, 1.54) is 0 Å². The van der Waals surface area contributed by atoms with E-state index in [-0.39, 0.29) is 11.7 Å². The number of halogens is 3. The highest BCUT2D eigenvalue weighted by atomic mass is 79.9. The molecule has 0 aliphatic carbocycles. The van der Waals surface area contributed by atoms with Gasteiger partial charge in [0, 0.05) is 10.0 Å². The van der Waals surface area contributed by atoms with Crippen LogP contribution in [-0.2, 0) is 4.79 Å². The number of ether oxygens (including phenoxy) is 2. The van der Waals surface area contributed by atoms with Gasteiger partial charge >= 0.3 is 0 Å². The largest absolute Gasteiger partial charge is 0.492 e. The average Bonchev–Trinajstić information content (AvgIpc) is 2.83. The number of thiocarbonyl (C=S) groups is 1. The van der Waals surface area contributed by atoms with Gasteiger partial charge in [0.15, 0.2) is 11.7 Å². The van der Waals surface area contributed by atoms with Crippen LogP contribution in [0.1, 0.15) is 30.6 Å². The average molecular weight is 702 g/mol. The molecule has 36 heavy (non-hydrogen) atoms. The maximum Gasteiger partial charge on any atom is 0.276 e. The molecule has 0 radical (unpaired) electrons. The van der Waals surface area contributed by atoms with E-state index in [9.17, 15) is 9.59 Å². The second-order valence-corrected chi connectivity index (χ2v) is 11.1. The van der Waals surface area contributed by atoms with E-state index < -0.39 is 11.8 Å². The minimum absolute atomic E-state index is 0.0563. The molecule has 2 amide bonds. The summed E-state index contributed by atoms with van der Waals surface area (Å²) in [5, 5.41) is 4.44. The molecule has 0 aliphatic heterocycles. The van der Waals surface area contributed by atoms with E-state index in [0.717, 1.165) is 26.1 Å². The summed E-state index contributed by atoms with van der Waals surface area (Å²) in [5.41, 5.74) is 5.29. The third-order valence-corrected chi connectivity index (χ3v) is 7.06. The summed E-state index contributed by atoms with van der Waals surface area (Å²) < 4.78 is 13.7. The van der Waals surface area contributed by atoms with Gasteiger partial charge in [-0.3, -0.25) is 25.8 Å². The molecule has 0 saturated carbocycles. The molecule has 190 valence electrons. The van der Waals surface area contributed by atoms with E-state index in [0.29, 0.717) is 34.1 Å². The molecule has 0 aromatic heterocycles. The number of hydrogen-bond donors (Lipinski definition) is 3. The maximum absolute atomic E-state index is 12.5. The van der Waals surface area contributed by atoms with Crippen LogP contribution in [0.3, 0.4) is 0 Å². The molecule has 3 rings (SSSR count). The molecule has 0 unspecified atom stereocenters. The fraction of sp³-hybridized carbons (Fsp3) is 0.240. The predicted molar refractivity (Wildman–Crippen MR) is 155 cm³/mol. The summed E-state index contributed by atoms with van der Waals surface area (Å²) in [6, 6.07) is 14.6. The maximum atomic E-state index is 12.5. The second-order valence-electron chi connectivity index (χ2n) is 8.16. The Labute approximate surface area is 240 Å². The minimum Gasteiger partial charge on any atom is -0.492 e. The Hall–Kier alpha value is -2.21. The van der Waals surface area contributed by atoms with Crippen LogP contribution in [0.25, 0.3) is 10.8 Å². The van der Waals surface area contributed by atoms with Crippen LogP contribution in [0, 0.1) is 5.92 Å². The van der Waals surface area contributed by atoms with E-state index in [4.69, 9.17) is 21.7 Å². The first-order chi connectivity index (χ1) is 17.1. The number of benzene rings is 3. The first-order valence-corrected chi connectivity index (χ1v) is 13.8. The van der Waals surface area contributed by atoms with Gasteiger partial charge in [0.05, 0.1) is 15.6 Å². The molecule has 3 N–H and O–H groups in total. The van der Waals surface area contributed by atoms with Crippen molar-refractivity contribution in [1.29, 1.82) is 0 Å². The van der Waals surface area contributed by atoms with E-state index in [1.54, 1.807) is 24.3 Å². The van der Waals surface area contributed by atoms with Gasteiger partial charge in [0.2, 0.25) is 0 Å². The van der Waals surface area contributed by atoms with Crippen molar-refractivity contribution in [2.45, 2.75) is 20.3 Å². The van der Waals surface area contributed by atoms with E-state index >= 15 is 0 Å². The normalized spacial score (nSPS) is 10.7. The third kappa shape index (κ3) is 8.16. The first-order valence-electron chi connectivity index (χ1n) is 11.0. The zero-order valence-corrected chi connectivity index (χ0v) is 25.1. The second kappa shape index (κ2) is 13.4. The lowest BCUT2D eigenvalue weighted by molar-refractivity contribution is -0.123.